The maximum Gasteiger partial charge on any atom is 0.179 e. The molecule has 0 aliphatic carbocycles. The third-order valence-electron chi connectivity index (χ3n) is 4.37. The van der Waals surface area contributed by atoms with Crippen LogP contribution in [0.25, 0.3) is 11.2 Å². The van der Waals surface area contributed by atoms with Gasteiger partial charge in [0.25, 0.3) is 0 Å². The standard InChI is InChI=1S/C14H23N5S/c1-4-6-11-12-13(18(3)16-11)19(14(20)15-12)9-10-7-5-8-17(10)2/h10H,4-9H2,1-3H3,(H,15,20). The normalized spacial score (nSPS) is 20.2. The number of hydrogen-bond donors (Lipinski definition) is 1. The molecule has 6 heteroatoms. The van der Waals surface area contributed by atoms with Gasteiger partial charge in [0.2, 0.25) is 0 Å². The molecule has 0 bridgehead atoms. The van der Waals surface area contributed by atoms with Gasteiger partial charge >= 0.3 is 0 Å². The quantitative estimate of drug-likeness (QED) is 0.881. The van der Waals surface area contributed by atoms with Crippen molar-refractivity contribution in [1.29, 1.82) is 0 Å². The highest BCUT2D eigenvalue weighted by Gasteiger charge is 2.23. The summed E-state index contributed by atoms with van der Waals surface area (Å²) in [5.41, 5.74) is 3.40. The van der Waals surface area contributed by atoms with Gasteiger partial charge in [0.05, 0.1) is 5.69 Å². The van der Waals surface area contributed by atoms with Crippen LogP contribution >= 0.6 is 12.2 Å². The van der Waals surface area contributed by atoms with Crippen LogP contribution in [0.1, 0.15) is 31.9 Å². The van der Waals surface area contributed by atoms with Crippen LogP contribution in [0.2, 0.25) is 0 Å². The average Bonchev–Trinajstić information content (AvgIpc) is 3.02. The molecule has 1 atom stereocenters. The zero-order chi connectivity index (χ0) is 14.3. The number of aromatic nitrogens is 4. The van der Waals surface area contributed by atoms with Crippen LogP contribution in [0.15, 0.2) is 0 Å². The van der Waals surface area contributed by atoms with Crippen molar-refractivity contribution < 1.29 is 0 Å². The fraction of sp³-hybridized carbons (Fsp3) is 0.714. The monoisotopic (exact) mass is 293 g/mol. The third kappa shape index (κ3) is 2.20. The number of hydrogen-bond acceptors (Lipinski definition) is 3. The summed E-state index contributed by atoms with van der Waals surface area (Å²) in [6.45, 7) is 4.33. The highest BCUT2D eigenvalue weighted by Crippen LogP contribution is 2.22. The van der Waals surface area contributed by atoms with Crippen LogP contribution in [-0.4, -0.2) is 43.9 Å². The molecule has 1 saturated heterocycles. The Balaban J connectivity index is 2.02. The molecule has 2 aromatic heterocycles. The minimum atomic E-state index is 0.588. The van der Waals surface area contributed by atoms with Crippen molar-refractivity contribution in [2.24, 2.45) is 7.05 Å². The largest absolute Gasteiger partial charge is 0.328 e. The van der Waals surface area contributed by atoms with Gasteiger partial charge in [-0.2, -0.15) is 5.10 Å². The maximum absolute atomic E-state index is 5.53. The molecule has 1 N–H and O–H groups in total. The highest BCUT2D eigenvalue weighted by molar-refractivity contribution is 7.71. The topological polar surface area (TPSA) is 41.8 Å². The second-order valence-electron chi connectivity index (χ2n) is 5.84. The molecule has 3 rings (SSSR count). The summed E-state index contributed by atoms with van der Waals surface area (Å²) >= 11 is 5.53. The van der Waals surface area contributed by atoms with Gasteiger partial charge < -0.3 is 14.5 Å². The Morgan fingerprint density at radius 3 is 2.85 bits per heavy atom. The van der Waals surface area contributed by atoms with E-state index in [1.807, 2.05) is 11.7 Å². The molecule has 0 spiro atoms. The summed E-state index contributed by atoms with van der Waals surface area (Å²) < 4.78 is 5.02. The van der Waals surface area contributed by atoms with Crippen molar-refractivity contribution >= 4 is 23.4 Å². The van der Waals surface area contributed by atoms with Crippen molar-refractivity contribution in [1.82, 2.24) is 24.2 Å². The summed E-state index contributed by atoms with van der Waals surface area (Å²) in [7, 11) is 4.22. The van der Waals surface area contributed by atoms with Gasteiger partial charge in [-0.3, -0.25) is 4.68 Å². The summed E-state index contributed by atoms with van der Waals surface area (Å²) in [6.07, 6.45) is 4.64. The van der Waals surface area contributed by atoms with Crippen LogP contribution in [0.4, 0.5) is 0 Å². The molecule has 0 amide bonds. The third-order valence-corrected chi connectivity index (χ3v) is 4.70. The van der Waals surface area contributed by atoms with Crippen LogP contribution in [0, 0.1) is 4.77 Å². The van der Waals surface area contributed by atoms with Crippen LogP contribution in [-0.2, 0) is 20.0 Å². The number of nitrogens with one attached hydrogen (secondary N) is 1. The lowest BCUT2D eigenvalue weighted by Crippen LogP contribution is -2.29. The molecule has 2 aromatic rings. The fourth-order valence-electron chi connectivity index (χ4n) is 3.28. The molecule has 1 unspecified atom stereocenters. The average molecular weight is 293 g/mol. The second kappa shape index (κ2) is 5.33. The molecule has 1 aliphatic rings. The van der Waals surface area contributed by atoms with E-state index in [-0.39, 0.29) is 0 Å². The van der Waals surface area contributed by atoms with Crippen molar-refractivity contribution in [3.8, 4) is 0 Å². The van der Waals surface area contributed by atoms with Gasteiger partial charge in [-0.25, -0.2) is 0 Å². The maximum atomic E-state index is 5.53. The highest BCUT2D eigenvalue weighted by atomic mass is 32.1. The molecule has 0 radical (unpaired) electrons. The van der Waals surface area contributed by atoms with E-state index in [9.17, 15) is 0 Å². The van der Waals surface area contributed by atoms with Crippen LogP contribution in [0.5, 0.6) is 0 Å². The summed E-state index contributed by atoms with van der Waals surface area (Å²) in [6, 6.07) is 0.588. The van der Waals surface area contributed by atoms with Crippen molar-refractivity contribution in [2.45, 2.75) is 45.2 Å². The Kier molecular flexibility index (Phi) is 3.69. The molecule has 1 fully saturated rings. The second-order valence-corrected chi connectivity index (χ2v) is 6.22. The van der Waals surface area contributed by atoms with Crippen molar-refractivity contribution in [3.05, 3.63) is 10.5 Å². The van der Waals surface area contributed by atoms with Crippen LogP contribution in [0.3, 0.4) is 0 Å². The number of aromatic amines is 1. The number of nitrogens with zero attached hydrogens (tertiary/aromatic N) is 4. The first-order chi connectivity index (χ1) is 9.61. The first-order valence-corrected chi connectivity index (χ1v) is 7.87. The first kappa shape index (κ1) is 13.8. The van der Waals surface area contributed by atoms with E-state index < -0.39 is 0 Å². The van der Waals surface area contributed by atoms with Gasteiger partial charge in [-0.15, -0.1) is 0 Å². The number of likely N-dealkylation sites (tertiary alicyclic amines) is 1. The summed E-state index contributed by atoms with van der Waals surface area (Å²) in [5, 5.41) is 4.64. The number of rotatable bonds is 4. The predicted molar refractivity (Wildman–Crippen MR) is 83.5 cm³/mol. The Bertz CT molecular complexity index is 665. The molecular weight excluding hydrogens is 270 g/mol. The lowest BCUT2D eigenvalue weighted by Gasteiger charge is -2.20. The van der Waals surface area contributed by atoms with Gasteiger partial charge in [0.1, 0.15) is 5.52 Å². The van der Waals surface area contributed by atoms with E-state index in [1.54, 1.807) is 0 Å². The van der Waals surface area contributed by atoms with E-state index in [4.69, 9.17) is 12.2 Å². The molecule has 1 aliphatic heterocycles. The van der Waals surface area contributed by atoms with Crippen LogP contribution < -0.4 is 0 Å². The van der Waals surface area contributed by atoms with Gasteiger partial charge in [-0.1, -0.05) is 13.3 Å². The molecule has 0 saturated carbocycles. The van der Waals surface area contributed by atoms with E-state index in [2.05, 4.69) is 33.5 Å². The fourth-order valence-corrected chi connectivity index (χ4v) is 3.54. The van der Waals surface area contributed by atoms with E-state index >= 15 is 0 Å². The van der Waals surface area contributed by atoms with E-state index in [1.165, 1.54) is 19.4 Å². The van der Waals surface area contributed by atoms with E-state index in [0.29, 0.717) is 6.04 Å². The lowest BCUT2D eigenvalue weighted by molar-refractivity contribution is 0.282. The smallest absolute Gasteiger partial charge is 0.179 e. The molecular formula is C14H23N5S. The first-order valence-electron chi connectivity index (χ1n) is 7.46. The van der Waals surface area contributed by atoms with Gasteiger partial charge in [0, 0.05) is 19.6 Å². The van der Waals surface area contributed by atoms with Crippen molar-refractivity contribution in [2.75, 3.05) is 13.6 Å². The Morgan fingerprint density at radius 2 is 2.20 bits per heavy atom. The minimum Gasteiger partial charge on any atom is -0.328 e. The minimum absolute atomic E-state index is 0.588. The Morgan fingerprint density at radius 1 is 1.40 bits per heavy atom. The summed E-state index contributed by atoms with van der Waals surface area (Å²) in [4.78, 5) is 5.80. The zero-order valence-electron chi connectivity index (χ0n) is 12.5. The van der Waals surface area contributed by atoms with E-state index in [0.717, 1.165) is 41.0 Å². The SMILES string of the molecule is CCCc1nn(C)c2c1[nH]c(=S)n2CC1CCCN1C. The molecule has 0 aromatic carbocycles. The Hall–Kier alpha value is -1.14. The number of likely N-dealkylation sites (N-methyl/N-ethyl adjacent to an activating group) is 1. The van der Waals surface area contributed by atoms with Crippen molar-refractivity contribution in [3.63, 3.8) is 0 Å². The lowest BCUT2D eigenvalue weighted by atomic mass is 10.2. The van der Waals surface area contributed by atoms with Gasteiger partial charge in [-0.05, 0) is 45.1 Å². The number of aryl methyl sites for hydroxylation is 2. The molecule has 20 heavy (non-hydrogen) atoms. The number of fused-ring (bicyclic) bond motifs is 1. The molecule has 110 valence electrons. The molecule has 5 nitrogen and oxygen atoms in total. The predicted octanol–water partition coefficient (Wildman–Crippen LogP) is 2.48. The Labute approximate surface area is 124 Å². The van der Waals surface area contributed by atoms with Gasteiger partial charge in [0.15, 0.2) is 10.4 Å². The zero-order valence-corrected chi connectivity index (χ0v) is 13.3. The number of H-pyrrole nitrogens is 1. The summed E-state index contributed by atoms with van der Waals surface area (Å²) in [5.74, 6) is 0. The number of imidazole rings is 1. The molecule has 3 heterocycles.